The number of hydrogen-bond acceptors (Lipinski definition) is 4. The van der Waals surface area contributed by atoms with Gasteiger partial charge in [0.15, 0.2) is 0 Å². The van der Waals surface area contributed by atoms with Crippen LogP contribution in [0.25, 0.3) is 22.2 Å². The van der Waals surface area contributed by atoms with Gasteiger partial charge in [-0.2, -0.15) is 0 Å². The molecule has 0 radical (unpaired) electrons. The first-order valence-corrected chi connectivity index (χ1v) is 6.27. The van der Waals surface area contributed by atoms with Gasteiger partial charge in [-0.3, -0.25) is 9.99 Å². The third-order valence-corrected chi connectivity index (χ3v) is 3.26. The highest BCUT2D eigenvalue weighted by atomic mass is 15.5. The molecule has 0 aliphatic carbocycles. The summed E-state index contributed by atoms with van der Waals surface area (Å²) in [4.78, 5) is 8.20. The van der Waals surface area contributed by atoms with E-state index in [0.29, 0.717) is 6.17 Å². The van der Waals surface area contributed by atoms with Crippen LogP contribution in [0.15, 0.2) is 49.1 Å². The van der Waals surface area contributed by atoms with E-state index >= 15 is 0 Å². The number of aromatic nitrogens is 3. The first-order chi connectivity index (χ1) is 9.42. The summed E-state index contributed by atoms with van der Waals surface area (Å²) in [6, 6.07) is 10.5. The Balaban J connectivity index is 1.92. The molecule has 1 fully saturated rings. The summed E-state index contributed by atoms with van der Waals surface area (Å²) >= 11 is 0. The van der Waals surface area contributed by atoms with Crippen molar-refractivity contribution >= 4 is 10.9 Å². The third kappa shape index (κ3) is 1.84. The standard InChI is InChI=1S/C14H13N5/c1-2-4-12-10(3-1)5-13(11-6-15-9-16-7-11)19(12)18-14-8-17-14/h1-7,9,14,17-18H,8H2. The maximum atomic E-state index is 4.10. The Morgan fingerprint density at radius 2 is 2.00 bits per heavy atom. The molecule has 1 unspecified atom stereocenters. The van der Waals surface area contributed by atoms with Gasteiger partial charge < -0.3 is 5.43 Å². The van der Waals surface area contributed by atoms with E-state index in [-0.39, 0.29) is 0 Å². The van der Waals surface area contributed by atoms with Crippen molar-refractivity contribution in [2.75, 3.05) is 12.0 Å². The second kappa shape index (κ2) is 4.07. The second-order valence-corrected chi connectivity index (χ2v) is 4.64. The van der Waals surface area contributed by atoms with Crippen molar-refractivity contribution in [3.8, 4) is 11.3 Å². The van der Waals surface area contributed by atoms with E-state index in [1.165, 1.54) is 5.39 Å². The molecule has 0 saturated carbocycles. The quantitative estimate of drug-likeness (QED) is 0.693. The summed E-state index contributed by atoms with van der Waals surface area (Å²) in [6.07, 6.45) is 5.56. The van der Waals surface area contributed by atoms with Crippen molar-refractivity contribution in [3.63, 3.8) is 0 Å². The molecule has 5 heteroatoms. The number of benzene rings is 1. The molecular weight excluding hydrogens is 238 g/mol. The Morgan fingerprint density at radius 3 is 2.79 bits per heavy atom. The largest absolute Gasteiger partial charge is 0.307 e. The van der Waals surface area contributed by atoms with Crippen LogP contribution in [0.2, 0.25) is 0 Å². The summed E-state index contributed by atoms with van der Waals surface area (Å²) in [6.45, 7) is 0.997. The van der Waals surface area contributed by atoms with E-state index in [1.54, 1.807) is 6.33 Å². The summed E-state index contributed by atoms with van der Waals surface area (Å²) < 4.78 is 2.11. The van der Waals surface area contributed by atoms with E-state index in [9.17, 15) is 0 Å². The van der Waals surface area contributed by atoms with Gasteiger partial charge in [0.25, 0.3) is 0 Å². The molecule has 3 heterocycles. The topological polar surface area (TPSA) is 64.7 Å². The Labute approximate surface area is 110 Å². The fourth-order valence-corrected chi connectivity index (χ4v) is 2.24. The molecule has 0 spiro atoms. The summed E-state index contributed by atoms with van der Waals surface area (Å²) in [5, 5.41) is 4.46. The van der Waals surface area contributed by atoms with E-state index in [1.807, 2.05) is 24.5 Å². The van der Waals surface area contributed by atoms with Crippen LogP contribution in [0.1, 0.15) is 0 Å². The van der Waals surface area contributed by atoms with Gasteiger partial charge in [0.1, 0.15) is 12.5 Å². The SMILES string of the molecule is c1ccc2c(c1)cc(-c1cncnc1)n2NC1CN1. The van der Waals surface area contributed by atoms with Crippen molar-refractivity contribution in [1.82, 2.24) is 20.0 Å². The number of rotatable bonds is 3. The third-order valence-electron chi connectivity index (χ3n) is 3.26. The summed E-state index contributed by atoms with van der Waals surface area (Å²) in [5.41, 5.74) is 6.70. The van der Waals surface area contributed by atoms with Gasteiger partial charge in [-0.25, -0.2) is 9.97 Å². The minimum absolute atomic E-state index is 0.346. The molecule has 1 aliphatic heterocycles. The molecule has 94 valence electrons. The van der Waals surface area contributed by atoms with Crippen LogP contribution in [-0.4, -0.2) is 27.4 Å². The van der Waals surface area contributed by atoms with Gasteiger partial charge in [-0.05, 0) is 12.1 Å². The van der Waals surface area contributed by atoms with Crippen molar-refractivity contribution in [3.05, 3.63) is 49.1 Å². The number of nitrogens with one attached hydrogen (secondary N) is 2. The zero-order valence-electron chi connectivity index (χ0n) is 10.2. The summed E-state index contributed by atoms with van der Waals surface area (Å²) in [7, 11) is 0. The molecular formula is C14H13N5. The van der Waals surface area contributed by atoms with Crippen LogP contribution in [-0.2, 0) is 0 Å². The van der Waals surface area contributed by atoms with Crippen molar-refractivity contribution in [1.29, 1.82) is 0 Å². The van der Waals surface area contributed by atoms with E-state index in [4.69, 9.17) is 0 Å². The molecule has 5 nitrogen and oxygen atoms in total. The molecule has 1 aromatic carbocycles. The lowest BCUT2D eigenvalue weighted by molar-refractivity contribution is 0.863. The van der Waals surface area contributed by atoms with Gasteiger partial charge in [0.05, 0.1) is 11.2 Å². The zero-order chi connectivity index (χ0) is 12.7. The highest BCUT2D eigenvalue weighted by molar-refractivity contribution is 5.87. The molecule has 1 saturated heterocycles. The maximum Gasteiger partial charge on any atom is 0.115 e. The molecule has 4 rings (SSSR count). The lowest BCUT2D eigenvalue weighted by Crippen LogP contribution is -2.20. The highest BCUT2D eigenvalue weighted by Gasteiger charge is 2.22. The molecule has 2 N–H and O–H groups in total. The number of nitrogens with zero attached hydrogens (tertiary/aromatic N) is 3. The molecule has 0 amide bonds. The molecule has 0 bridgehead atoms. The van der Waals surface area contributed by atoms with Crippen LogP contribution in [0.5, 0.6) is 0 Å². The van der Waals surface area contributed by atoms with Gasteiger partial charge in [-0.15, -0.1) is 0 Å². The lowest BCUT2D eigenvalue weighted by atomic mass is 10.2. The normalized spacial score (nSPS) is 17.6. The summed E-state index contributed by atoms with van der Waals surface area (Å²) in [5.74, 6) is 0. The number of hydrogen-bond donors (Lipinski definition) is 2. The van der Waals surface area contributed by atoms with Gasteiger partial charge >= 0.3 is 0 Å². The molecule has 2 aromatic heterocycles. The van der Waals surface area contributed by atoms with Crippen molar-refractivity contribution in [2.45, 2.75) is 6.17 Å². The monoisotopic (exact) mass is 251 g/mol. The fraction of sp³-hybridized carbons (Fsp3) is 0.143. The molecule has 1 atom stereocenters. The van der Waals surface area contributed by atoms with Crippen LogP contribution in [0.4, 0.5) is 0 Å². The fourth-order valence-electron chi connectivity index (χ4n) is 2.24. The Kier molecular flexibility index (Phi) is 2.25. The Morgan fingerprint density at radius 1 is 1.21 bits per heavy atom. The average molecular weight is 251 g/mol. The molecule has 19 heavy (non-hydrogen) atoms. The smallest absolute Gasteiger partial charge is 0.115 e. The first-order valence-electron chi connectivity index (χ1n) is 6.27. The first kappa shape index (κ1) is 10.5. The van der Waals surface area contributed by atoms with Crippen molar-refractivity contribution in [2.24, 2.45) is 0 Å². The predicted molar refractivity (Wildman–Crippen MR) is 74.1 cm³/mol. The molecule has 3 aromatic rings. The van der Waals surface area contributed by atoms with E-state index in [0.717, 1.165) is 23.3 Å². The highest BCUT2D eigenvalue weighted by Crippen LogP contribution is 2.26. The van der Waals surface area contributed by atoms with Gasteiger partial charge in [-0.1, -0.05) is 18.2 Å². The zero-order valence-corrected chi connectivity index (χ0v) is 10.2. The van der Waals surface area contributed by atoms with E-state index in [2.05, 4.69) is 43.6 Å². The number of para-hydroxylation sites is 1. The van der Waals surface area contributed by atoms with Crippen LogP contribution in [0, 0.1) is 0 Å². The lowest BCUT2D eigenvalue weighted by Gasteiger charge is -2.11. The van der Waals surface area contributed by atoms with Gasteiger partial charge in [0, 0.05) is 29.9 Å². The maximum absolute atomic E-state index is 4.10. The minimum Gasteiger partial charge on any atom is -0.307 e. The van der Waals surface area contributed by atoms with Crippen molar-refractivity contribution < 1.29 is 0 Å². The number of fused-ring (bicyclic) bond motifs is 1. The Bertz CT molecular complexity index is 715. The predicted octanol–water partition coefficient (Wildman–Crippen LogP) is 1.57. The van der Waals surface area contributed by atoms with Crippen LogP contribution in [0.3, 0.4) is 0 Å². The van der Waals surface area contributed by atoms with Crippen LogP contribution >= 0.6 is 0 Å². The Hall–Kier alpha value is -2.40. The second-order valence-electron chi connectivity index (χ2n) is 4.64. The van der Waals surface area contributed by atoms with Gasteiger partial charge in [0.2, 0.25) is 0 Å². The van der Waals surface area contributed by atoms with Crippen LogP contribution < -0.4 is 10.7 Å². The van der Waals surface area contributed by atoms with E-state index < -0.39 is 0 Å². The average Bonchev–Trinajstić information content (AvgIpc) is 3.21. The minimum atomic E-state index is 0.346. The molecule has 1 aliphatic rings.